The van der Waals surface area contributed by atoms with Crippen molar-refractivity contribution in [2.24, 2.45) is 4.99 Å². The summed E-state index contributed by atoms with van der Waals surface area (Å²) < 4.78 is 2.86. The van der Waals surface area contributed by atoms with E-state index in [1.807, 2.05) is 0 Å². The molecule has 86 valence electrons. The zero-order chi connectivity index (χ0) is 12.2. The predicted molar refractivity (Wildman–Crippen MR) is 65.7 cm³/mol. The van der Waals surface area contributed by atoms with Gasteiger partial charge in [-0.3, -0.25) is 4.79 Å². The van der Waals surface area contributed by atoms with E-state index >= 15 is 0 Å². The Hall–Kier alpha value is -0.480. The van der Waals surface area contributed by atoms with Crippen molar-refractivity contribution in [3.63, 3.8) is 0 Å². The molecule has 1 aromatic rings. The molecule has 3 nitrogen and oxygen atoms in total. The lowest BCUT2D eigenvalue weighted by atomic mass is 10.3. The van der Waals surface area contributed by atoms with E-state index < -0.39 is 15.1 Å². The van der Waals surface area contributed by atoms with Crippen LogP contribution in [0.15, 0.2) is 35.3 Å². The van der Waals surface area contributed by atoms with Crippen molar-refractivity contribution >= 4 is 57.7 Å². The van der Waals surface area contributed by atoms with E-state index in [9.17, 15) is 4.79 Å². The third kappa shape index (κ3) is 4.58. The molecule has 0 bridgehead atoms. The lowest BCUT2D eigenvalue weighted by Gasteiger charge is -2.05. The summed E-state index contributed by atoms with van der Waals surface area (Å²) in [5, 5.41) is -0.414. The van der Waals surface area contributed by atoms with E-state index in [0.717, 1.165) is 0 Å². The fourth-order valence-corrected chi connectivity index (χ4v) is 1.04. The number of halogens is 4. The molecule has 1 aromatic carbocycles. The molecule has 1 amide bonds. The first-order valence-electron chi connectivity index (χ1n) is 3.98. The van der Waals surface area contributed by atoms with E-state index in [0.29, 0.717) is 5.75 Å². The van der Waals surface area contributed by atoms with E-state index in [-0.39, 0.29) is 0 Å². The van der Waals surface area contributed by atoms with E-state index in [4.69, 9.17) is 51.1 Å². The van der Waals surface area contributed by atoms with Crippen molar-refractivity contribution in [1.29, 1.82) is 0 Å². The molecule has 0 unspecified atom stereocenters. The van der Waals surface area contributed by atoms with Gasteiger partial charge in [0.2, 0.25) is 0 Å². The summed E-state index contributed by atoms with van der Waals surface area (Å²) >= 11 is 21.4. The molecule has 0 saturated heterocycles. The topological polar surface area (TPSA) is 38.7 Å². The summed E-state index contributed by atoms with van der Waals surface area (Å²) in [5.74, 6) is -0.591. The third-order valence-electron chi connectivity index (χ3n) is 1.38. The van der Waals surface area contributed by atoms with Gasteiger partial charge in [-0.1, -0.05) is 53.0 Å². The Morgan fingerprint density at radius 2 is 1.75 bits per heavy atom. The molecule has 0 atom stereocenters. The molecule has 0 aliphatic carbocycles. The van der Waals surface area contributed by atoms with E-state index in [1.54, 1.807) is 30.3 Å². The Kier molecular flexibility index (Phi) is 4.87. The Bertz CT molecular complexity index is 400. The minimum absolute atomic E-state index is 0.414. The van der Waals surface area contributed by atoms with Gasteiger partial charge in [-0.15, -0.1) is 0 Å². The van der Waals surface area contributed by atoms with Crippen molar-refractivity contribution < 1.29 is 9.53 Å². The molecule has 0 aliphatic rings. The highest BCUT2D eigenvalue weighted by Crippen LogP contribution is 2.27. The van der Waals surface area contributed by atoms with Gasteiger partial charge in [-0.25, -0.2) is 0 Å². The average Bonchev–Trinajstić information content (AvgIpc) is 2.17. The van der Waals surface area contributed by atoms with Gasteiger partial charge >= 0.3 is 5.91 Å². The van der Waals surface area contributed by atoms with Crippen molar-refractivity contribution in [3.8, 4) is 5.75 Å². The molecular formula is C9H5Cl4NO2. The van der Waals surface area contributed by atoms with Gasteiger partial charge in [0.25, 0.3) is 9.15 Å². The number of rotatable bonds is 1. The van der Waals surface area contributed by atoms with Crippen LogP contribution in [0.4, 0.5) is 0 Å². The summed E-state index contributed by atoms with van der Waals surface area (Å²) in [7, 11) is 0. The molecule has 0 fully saturated rings. The summed E-state index contributed by atoms with van der Waals surface area (Å²) in [6.45, 7) is 0. The summed E-state index contributed by atoms with van der Waals surface area (Å²) in [5.41, 5.74) is 0. The van der Waals surface area contributed by atoms with Gasteiger partial charge in [0, 0.05) is 0 Å². The highest BCUT2D eigenvalue weighted by Gasteiger charge is 2.31. The molecular weight excluding hydrogens is 296 g/mol. The Balaban J connectivity index is 2.70. The summed E-state index contributed by atoms with van der Waals surface area (Å²) in [4.78, 5) is 14.4. The number of benzene rings is 1. The molecule has 0 radical (unpaired) electrons. The van der Waals surface area contributed by atoms with Gasteiger partial charge < -0.3 is 4.74 Å². The lowest BCUT2D eigenvalue weighted by Crippen LogP contribution is -2.18. The summed E-state index contributed by atoms with van der Waals surface area (Å²) in [6, 6.07) is 8.53. The van der Waals surface area contributed by atoms with E-state index in [2.05, 4.69) is 4.99 Å². The van der Waals surface area contributed by atoms with Crippen LogP contribution in [0.3, 0.4) is 0 Å². The number of hydrogen-bond donors (Lipinski definition) is 0. The van der Waals surface area contributed by atoms with Crippen LogP contribution in [0.2, 0.25) is 0 Å². The smallest absolute Gasteiger partial charge is 0.301 e. The highest BCUT2D eigenvalue weighted by atomic mass is 35.6. The minimum atomic E-state index is -2.14. The maximum Gasteiger partial charge on any atom is 0.301 e. The quantitative estimate of drug-likeness (QED) is 0.452. The highest BCUT2D eigenvalue weighted by molar-refractivity contribution is 6.77. The van der Waals surface area contributed by atoms with Crippen LogP contribution < -0.4 is 4.74 Å². The second-order valence-electron chi connectivity index (χ2n) is 2.58. The van der Waals surface area contributed by atoms with Crippen LogP contribution in [0.1, 0.15) is 0 Å². The van der Waals surface area contributed by atoms with Crippen LogP contribution in [-0.4, -0.2) is 15.1 Å². The number of nitrogens with zero attached hydrogens (tertiary/aromatic N) is 1. The fraction of sp³-hybridized carbons (Fsp3) is 0.111. The van der Waals surface area contributed by atoms with Crippen LogP contribution in [0.5, 0.6) is 5.75 Å². The van der Waals surface area contributed by atoms with Crippen LogP contribution in [-0.2, 0) is 4.79 Å². The van der Waals surface area contributed by atoms with Crippen LogP contribution in [0.25, 0.3) is 0 Å². The molecule has 0 aliphatic heterocycles. The predicted octanol–water partition coefficient (Wildman–Crippen LogP) is 3.56. The van der Waals surface area contributed by atoms with Crippen molar-refractivity contribution in [2.75, 3.05) is 0 Å². The molecule has 16 heavy (non-hydrogen) atoms. The van der Waals surface area contributed by atoms with Gasteiger partial charge in [0.1, 0.15) is 5.75 Å². The van der Waals surface area contributed by atoms with Gasteiger partial charge in [0.15, 0.2) is 0 Å². The van der Waals surface area contributed by atoms with Gasteiger partial charge in [0.05, 0.1) is 0 Å². The molecule has 7 heteroatoms. The van der Waals surface area contributed by atoms with E-state index in [1.165, 1.54) is 0 Å². The first-order chi connectivity index (χ1) is 7.39. The number of alkyl halides is 3. The van der Waals surface area contributed by atoms with Crippen LogP contribution >= 0.6 is 46.4 Å². The number of carbonyl (C=O) groups excluding carboxylic acids is 1. The number of aliphatic imine (C=N–C) groups is 1. The number of ether oxygens (including phenoxy) is 1. The third-order valence-corrected chi connectivity index (χ3v) is 2.02. The molecule has 0 aromatic heterocycles. The van der Waals surface area contributed by atoms with Gasteiger partial charge in [-0.2, -0.15) is 4.99 Å². The number of amides is 1. The zero-order valence-corrected chi connectivity index (χ0v) is 10.7. The average molecular weight is 301 g/mol. The minimum Gasteiger partial charge on any atom is -0.430 e. The monoisotopic (exact) mass is 299 g/mol. The first-order valence-corrected chi connectivity index (χ1v) is 5.49. The molecule has 0 saturated carbocycles. The summed E-state index contributed by atoms with van der Waals surface area (Å²) in [6.07, 6.45) is 0. The standard InChI is InChI=1S/C9H5Cl4NO2/c10-8(14-7(15)9(11,12)13)16-6-4-2-1-3-5-6/h1-5H. The Morgan fingerprint density at radius 1 is 1.19 bits per heavy atom. The van der Waals surface area contributed by atoms with Crippen molar-refractivity contribution in [3.05, 3.63) is 30.3 Å². The van der Waals surface area contributed by atoms with Crippen LogP contribution in [0, 0.1) is 0 Å². The normalized spacial score (nSPS) is 12.4. The second-order valence-corrected chi connectivity index (χ2v) is 5.19. The Labute approximate surface area is 112 Å². The lowest BCUT2D eigenvalue weighted by molar-refractivity contribution is -0.117. The Morgan fingerprint density at radius 3 is 2.25 bits per heavy atom. The van der Waals surface area contributed by atoms with Crippen molar-refractivity contribution in [1.82, 2.24) is 0 Å². The second kappa shape index (κ2) is 5.73. The zero-order valence-electron chi connectivity index (χ0n) is 7.66. The first kappa shape index (κ1) is 13.6. The number of para-hydroxylation sites is 1. The SMILES string of the molecule is O=C(N=C(Cl)Oc1ccccc1)C(Cl)(Cl)Cl. The number of carbonyl (C=O) groups is 1. The molecule has 0 N–H and O–H groups in total. The maximum absolute atomic E-state index is 11.1. The fourth-order valence-electron chi connectivity index (χ4n) is 0.752. The van der Waals surface area contributed by atoms with Crippen molar-refractivity contribution in [2.45, 2.75) is 3.79 Å². The molecule has 1 rings (SSSR count). The maximum atomic E-state index is 11.1. The molecule has 0 spiro atoms. The van der Waals surface area contributed by atoms with Gasteiger partial charge in [-0.05, 0) is 23.7 Å². The largest absolute Gasteiger partial charge is 0.430 e. The molecule has 0 heterocycles. The number of hydrogen-bond acceptors (Lipinski definition) is 2.